The molecule has 9 nitrogen and oxygen atoms in total. The van der Waals surface area contributed by atoms with Crippen molar-refractivity contribution >= 4 is 11.8 Å². The summed E-state index contributed by atoms with van der Waals surface area (Å²) in [4.78, 5) is 37.5. The van der Waals surface area contributed by atoms with Gasteiger partial charge in [0.05, 0.1) is 5.56 Å². The number of piperazine rings is 1. The van der Waals surface area contributed by atoms with Gasteiger partial charge in [-0.1, -0.05) is 12.1 Å². The maximum atomic E-state index is 12.7. The predicted octanol–water partition coefficient (Wildman–Crippen LogP) is 0.980. The van der Waals surface area contributed by atoms with Gasteiger partial charge in [-0.3, -0.25) is 9.59 Å². The topological polar surface area (TPSA) is 96.2 Å². The average molecular weight is 405 g/mol. The van der Waals surface area contributed by atoms with Crippen LogP contribution in [0.4, 0.5) is 0 Å². The van der Waals surface area contributed by atoms with Gasteiger partial charge in [0.2, 0.25) is 0 Å². The number of amides is 2. The van der Waals surface area contributed by atoms with Gasteiger partial charge >= 0.3 is 0 Å². The van der Waals surface area contributed by atoms with Gasteiger partial charge < -0.3 is 15.1 Å². The normalized spacial score (nSPS) is 14.5. The van der Waals surface area contributed by atoms with Crippen LogP contribution in [-0.2, 0) is 6.54 Å². The number of likely N-dealkylation sites (N-methyl/N-ethyl adjacent to an activating group) is 1. The van der Waals surface area contributed by atoms with Crippen molar-refractivity contribution < 1.29 is 9.59 Å². The molecular formula is C21H23N7O2. The summed E-state index contributed by atoms with van der Waals surface area (Å²) in [5, 5.41) is 6.93. The first-order valence-corrected chi connectivity index (χ1v) is 9.77. The van der Waals surface area contributed by atoms with Crippen molar-refractivity contribution in [1.29, 1.82) is 0 Å². The molecule has 1 N–H and O–H groups in total. The molecule has 30 heavy (non-hydrogen) atoms. The molecule has 0 unspecified atom stereocenters. The molecule has 3 aromatic rings. The molecule has 1 aliphatic heterocycles. The third-order valence-electron chi connectivity index (χ3n) is 5.11. The Bertz CT molecular complexity index is 1010. The van der Waals surface area contributed by atoms with E-state index in [1.807, 2.05) is 29.2 Å². The van der Waals surface area contributed by atoms with Gasteiger partial charge in [-0.15, -0.1) is 0 Å². The lowest BCUT2D eigenvalue weighted by atomic mass is 10.1. The van der Waals surface area contributed by atoms with Crippen LogP contribution in [0.25, 0.3) is 5.82 Å². The van der Waals surface area contributed by atoms with Crippen LogP contribution in [0.3, 0.4) is 0 Å². The largest absolute Gasteiger partial charge is 0.348 e. The Morgan fingerprint density at radius 3 is 2.53 bits per heavy atom. The van der Waals surface area contributed by atoms with Gasteiger partial charge in [0.25, 0.3) is 11.8 Å². The number of nitrogens with one attached hydrogen (secondary N) is 1. The lowest BCUT2D eigenvalue weighted by Gasteiger charge is -2.32. The van der Waals surface area contributed by atoms with Crippen LogP contribution in [0.5, 0.6) is 0 Å². The van der Waals surface area contributed by atoms with E-state index in [1.54, 1.807) is 18.3 Å². The first kappa shape index (κ1) is 19.7. The summed E-state index contributed by atoms with van der Waals surface area (Å²) < 4.78 is 1.45. The molecule has 0 aliphatic carbocycles. The summed E-state index contributed by atoms with van der Waals surface area (Å²) in [5.41, 5.74) is 1.98. The van der Waals surface area contributed by atoms with E-state index in [4.69, 9.17) is 0 Å². The molecule has 0 radical (unpaired) electrons. The first-order valence-electron chi connectivity index (χ1n) is 9.77. The quantitative estimate of drug-likeness (QED) is 0.680. The van der Waals surface area contributed by atoms with Gasteiger partial charge in [0, 0.05) is 44.5 Å². The SMILES string of the molecule is CN1CCN(C(=O)c2ccc(CNC(=O)c3cccnc3-n3cncn3)cc2)CC1. The standard InChI is InChI=1S/C21H23N7O2/c1-26-9-11-27(12-10-26)21(30)17-6-4-16(5-7-17)13-24-20(29)18-3-2-8-23-19(18)28-15-22-14-25-28/h2-8,14-15H,9-13H2,1H3,(H,24,29). The molecule has 2 aromatic heterocycles. The highest BCUT2D eigenvalue weighted by atomic mass is 16.2. The summed E-state index contributed by atoms with van der Waals surface area (Å²) in [6.07, 6.45) is 4.49. The van der Waals surface area contributed by atoms with Crippen molar-refractivity contribution in [2.75, 3.05) is 33.2 Å². The fraction of sp³-hybridized carbons (Fsp3) is 0.286. The minimum atomic E-state index is -0.258. The smallest absolute Gasteiger partial charge is 0.255 e. The predicted molar refractivity (Wildman–Crippen MR) is 110 cm³/mol. The number of rotatable bonds is 5. The second kappa shape index (κ2) is 8.83. The summed E-state index contributed by atoms with van der Waals surface area (Å²) in [6.45, 7) is 3.60. The number of hydrogen-bond acceptors (Lipinski definition) is 6. The molecule has 154 valence electrons. The van der Waals surface area contributed by atoms with Crippen molar-refractivity contribution in [3.05, 3.63) is 71.9 Å². The molecule has 0 spiro atoms. The number of nitrogens with zero attached hydrogens (tertiary/aromatic N) is 6. The van der Waals surface area contributed by atoms with Crippen molar-refractivity contribution in [2.45, 2.75) is 6.54 Å². The molecule has 0 atom stereocenters. The number of carbonyl (C=O) groups is 2. The molecule has 1 aliphatic rings. The number of benzene rings is 1. The molecule has 1 saturated heterocycles. The Labute approximate surface area is 174 Å². The maximum absolute atomic E-state index is 12.7. The lowest BCUT2D eigenvalue weighted by molar-refractivity contribution is 0.0664. The number of hydrogen-bond donors (Lipinski definition) is 1. The molecule has 0 saturated carbocycles. The Morgan fingerprint density at radius 2 is 1.83 bits per heavy atom. The van der Waals surface area contributed by atoms with Gasteiger partial charge in [0.15, 0.2) is 5.82 Å². The van der Waals surface area contributed by atoms with Crippen molar-refractivity contribution in [1.82, 2.24) is 34.9 Å². The summed E-state index contributed by atoms with van der Waals surface area (Å²) in [5.74, 6) is 0.207. The molecule has 1 fully saturated rings. The Kier molecular flexibility index (Phi) is 5.80. The highest BCUT2D eigenvalue weighted by Gasteiger charge is 2.20. The Hall–Kier alpha value is -3.59. The molecule has 1 aromatic carbocycles. The molecular weight excluding hydrogens is 382 g/mol. The summed E-state index contributed by atoms with van der Waals surface area (Å²) >= 11 is 0. The average Bonchev–Trinajstić information content (AvgIpc) is 3.33. The van der Waals surface area contributed by atoms with E-state index in [0.717, 1.165) is 31.7 Å². The Morgan fingerprint density at radius 1 is 1.07 bits per heavy atom. The van der Waals surface area contributed by atoms with Gasteiger partial charge in [-0.2, -0.15) is 5.10 Å². The van der Waals surface area contributed by atoms with E-state index in [9.17, 15) is 9.59 Å². The summed E-state index contributed by atoms with van der Waals surface area (Å²) in [7, 11) is 2.06. The maximum Gasteiger partial charge on any atom is 0.255 e. The first-order chi connectivity index (χ1) is 14.6. The third kappa shape index (κ3) is 4.36. The van der Waals surface area contributed by atoms with Crippen LogP contribution >= 0.6 is 0 Å². The molecule has 3 heterocycles. The third-order valence-corrected chi connectivity index (χ3v) is 5.11. The van der Waals surface area contributed by atoms with E-state index >= 15 is 0 Å². The monoisotopic (exact) mass is 405 g/mol. The second-order valence-corrected chi connectivity index (χ2v) is 7.19. The Balaban J connectivity index is 1.38. The highest BCUT2D eigenvalue weighted by molar-refractivity contribution is 5.97. The minimum Gasteiger partial charge on any atom is -0.348 e. The van der Waals surface area contributed by atoms with Gasteiger partial charge in [-0.05, 0) is 36.9 Å². The van der Waals surface area contributed by atoms with Gasteiger partial charge in [-0.25, -0.2) is 14.6 Å². The van der Waals surface area contributed by atoms with E-state index in [1.165, 1.54) is 17.3 Å². The van der Waals surface area contributed by atoms with Crippen LogP contribution < -0.4 is 5.32 Å². The van der Waals surface area contributed by atoms with Crippen LogP contribution in [-0.4, -0.2) is 74.6 Å². The summed E-state index contributed by atoms with van der Waals surface area (Å²) in [6, 6.07) is 10.8. The molecule has 9 heteroatoms. The number of aromatic nitrogens is 4. The highest BCUT2D eigenvalue weighted by Crippen LogP contribution is 2.12. The lowest BCUT2D eigenvalue weighted by Crippen LogP contribution is -2.47. The van der Waals surface area contributed by atoms with Crippen LogP contribution in [0.2, 0.25) is 0 Å². The molecule has 4 rings (SSSR count). The zero-order valence-corrected chi connectivity index (χ0v) is 16.7. The van der Waals surface area contributed by atoms with Crippen molar-refractivity contribution in [3.63, 3.8) is 0 Å². The van der Waals surface area contributed by atoms with E-state index in [2.05, 4.69) is 32.3 Å². The van der Waals surface area contributed by atoms with Crippen LogP contribution in [0.15, 0.2) is 55.2 Å². The molecule has 0 bridgehead atoms. The second-order valence-electron chi connectivity index (χ2n) is 7.19. The van der Waals surface area contributed by atoms with Crippen LogP contribution in [0.1, 0.15) is 26.3 Å². The number of carbonyl (C=O) groups excluding carboxylic acids is 2. The fourth-order valence-corrected chi connectivity index (χ4v) is 3.31. The van der Waals surface area contributed by atoms with Crippen molar-refractivity contribution in [3.8, 4) is 5.82 Å². The number of pyridine rings is 1. The fourth-order valence-electron chi connectivity index (χ4n) is 3.31. The minimum absolute atomic E-state index is 0.0477. The van der Waals surface area contributed by atoms with Gasteiger partial charge in [0.1, 0.15) is 12.7 Å². The zero-order valence-electron chi connectivity index (χ0n) is 16.7. The van der Waals surface area contributed by atoms with E-state index in [0.29, 0.717) is 23.5 Å². The zero-order chi connectivity index (χ0) is 20.9. The van der Waals surface area contributed by atoms with E-state index < -0.39 is 0 Å². The molecule has 2 amide bonds. The van der Waals surface area contributed by atoms with Crippen molar-refractivity contribution in [2.24, 2.45) is 0 Å². The van der Waals surface area contributed by atoms with E-state index in [-0.39, 0.29) is 11.8 Å². The van der Waals surface area contributed by atoms with Crippen LogP contribution in [0, 0.1) is 0 Å².